The van der Waals surface area contributed by atoms with Crippen LogP contribution in [0.25, 0.3) is 0 Å². The highest BCUT2D eigenvalue weighted by molar-refractivity contribution is 5.96. The summed E-state index contributed by atoms with van der Waals surface area (Å²) in [5, 5.41) is 19.0. The molecule has 1 rings (SSSR count). The number of likely N-dealkylation sites (N-methyl/N-ethyl adjacent to an activating group) is 1. The number of amides is 1. The van der Waals surface area contributed by atoms with E-state index in [0.29, 0.717) is 17.0 Å². The Labute approximate surface area is 105 Å². The predicted molar refractivity (Wildman–Crippen MR) is 57.6 cm³/mol. The largest absolute Gasteiger partial charge is 0.480 e. The Hall–Kier alpha value is -2.58. The van der Waals surface area contributed by atoms with Crippen molar-refractivity contribution in [3.8, 4) is 0 Å². The van der Waals surface area contributed by atoms with E-state index in [1.54, 1.807) is 0 Å². The van der Waals surface area contributed by atoms with Crippen LogP contribution in [0.1, 0.15) is 10.4 Å². The van der Waals surface area contributed by atoms with Gasteiger partial charge in [0.1, 0.15) is 12.4 Å². The van der Waals surface area contributed by atoms with Gasteiger partial charge in [-0.2, -0.15) is 4.39 Å². The van der Waals surface area contributed by atoms with Crippen molar-refractivity contribution < 1.29 is 28.4 Å². The van der Waals surface area contributed by atoms with Gasteiger partial charge in [-0.05, 0) is 6.07 Å². The van der Waals surface area contributed by atoms with Crippen molar-refractivity contribution in [3.63, 3.8) is 0 Å². The maximum absolute atomic E-state index is 13.6. The molecule has 102 valence electrons. The molecule has 1 N–H and O–H groups in total. The fourth-order valence-corrected chi connectivity index (χ4v) is 1.34. The Kier molecular flexibility index (Phi) is 4.10. The average molecular weight is 274 g/mol. The van der Waals surface area contributed by atoms with Crippen molar-refractivity contribution in [2.45, 2.75) is 0 Å². The summed E-state index contributed by atoms with van der Waals surface area (Å²) in [6, 6.07) is 0.812. The molecule has 0 saturated carbocycles. The Balaban J connectivity index is 3.23. The lowest BCUT2D eigenvalue weighted by Crippen LogP contribution is -2.32. The quantitative estimate of drug-likeness (QED) is 0.652. The normalized spacial score (nSPS) is 10.1. The summed E-state index contributed by atoms with van der Waals surface area (Å²) in [4.78, 5) is 32.0. The van der Waals surface area contributed by atoms with Crippen LogP contribution in [0.3, 0.4) is 0 Å². The highest BCUT2D eigenvalue weighted by atomic mass is 19.1. The van der Waals surface area contributed by atoms with Gasteiger partial charge in [0.05, 0.1) is 16.6 Å². The fourth-order valence-electron chi connectivity index (χ4n) is 1.34. The summed E-state index contributed by atoms with van der Waals surface area (Å²) in [6.07, 6.45) is 0. The number of nitro benzene ring substituents is 1. The van der Waals surface area contributed by atoms with E-state index in [-0.39, 0.29) is 0 Å². The molecule has 0 bridgehead atoms. The van der Waals surface area contributed by atoms with E-state index in [0.717, 1.165) is 7.05 Å². The Morgan fingerprint density at radius 1 is 1.42 bits per heavy atom. The number of nitro groups is 1. The third-order valence-corrected chi connectivity index (χ3v) is 2.16. The summed E-state index contributed by atoms with van der Waals surface area (Å²) < 4.78 is 26.7. The molecule has 19 heavy (non-hydrogen) atoms. The van der Waals surface area contributed by atoms with Gasteiger partial charge in [0.25, 0.3) is 5.91 Å². The number of aliphatic carboxylic acids is 1. The summed E-state index contributed by atoms with van der Waals surface area (Å²) in [7, 11) is 1.05. The third-order valence-electron chi connectivity index (χ3n) is 2.16. The van der Waals surface area contributed by atoms with E-state index >= 15 is 0 Å². The molecule has 1 aromatic carbocycles. The molecule has 0 saturated heterocycles. The zero-order chi connectivity index (χ0) is 14.7. The van der Waals surface area contributed by atoms with Crippen LogP contribution < -0.4 is 0 Å². The van der Waals surface area contributed by atoms with Crippen LogP contribution in [-0.2, 0) is 4.79 Å². The van der Waals surface area contributed by atoms with Gasteiger partial charge in [-0.25, -0.2) is 4.39 Å². The minimum atomic E-state index is -1.51. The van der Waals surface area contributed by atoms with Crippen LogP contribution in [0.5, 0.6) is 0 Å². The van der Waals surface area contributed by atoms with Crippen LogP contribution in [0.15, 0.2) is 12.1 Å². The molecule has 0 heterocycles. The highest BCUT2D eigenvalue weighted by Gasteiger charge is 2.26. The molecular weight excluding hydrogens is 266 g/mol. The molecule has 0 aliphatic heterocycles. The Bertz CT molecular complexity index is 561. The lowest BCUT2D eigenvalue weighted by Gasteiger charge is -2.14. The number of benzene rings is 1. The van der Waals surface area contributed by atoms with Crippen LogP contribution in [0, 0.1) is 21.7 Å². The molecule has 0 unspecified atom stereocenters. The van der Waals surface area contributed by atoms with Gasteiger partial charge in [0.15, 0.2) is 0 Å². The number of halogens is 2. The van der Waals surface area contributed by atoms with Gasteiger partial charge in [0.2, 0.25) is 5.82 Å². The second-order valence-corrected chi connectivity index (χ2v) is 3.60. The molecule has 1 amide bonds. The SMILES string of the molecule is CN(CC(=O)O)C(=O)c1cc(F)cc([N+](=O)[O-])c1F. The van der Waals surface area contributed by atoms with Crippen LogP contribution >= 0.6 is 0 Å². The van der Waals surface area contributed by atoms with E-state index < -0.39 is 46.2 Å². The van der Waals surface area contributed by atoms with Crippen LogP contribution in [-0.4, -0.2) is 40.4 Å². The van der Waals surface area contributed by atoms with Crippen molar-refractivity contribution in [3.05, 3.63) is 39.4 Å². The van der Waals surface area contributed by atoms with E-state index in [2.05, 4.69) is 0 Å². The number of hydrogen-bond donors (Lipinski definition) is 1. The minimum absolute atomic E-state index is 0.337. The molecule has 7 nitrogen and oxygen atoms in total. The van der Waals surface area contributed by atoms with Crippen LogP contribution in [0.4, 0.5) is 14.5 Å². The zero-order valence-corrected chi connectivity index (χ0v) is 9.59. The van der Waals surface area contributed by atoms with Gasteiger partial charge in [-0.15, -0.1) is 0 Å². The Morgan fingerprint density at radius 2 is 2.00 bits per heavy atom. The van der Waals surface area contributed by atoms with Gasteiger partial charge >= 0.3 is 11.7 Å². The fraction of sp³-hybridized carbons (Fsp3) is 0.200. The van der Waals surface area contributed by atoms with E-state index in [1.165, 1.54) is 0 Å². The van der Waals surface area contributed by atoms with Gasteiger partial charge < -0.3 is 10.0 Å². The first-order chi connectivity index (χ1) is 8.73. The highest BCUT2D eigenvalue weighted by Crippen LogP contribution is 2.23. The van der Waals surface area contributed by atoms with Crippen molar-refractivity contribution >= 4 is 17.6 Å². The number of nitrogens with zero attached hydrogens (tertiary/aromatic N) is 2. The number of carboxylic acids is 1. The monoisotopic (exact) mass is 274 g/mol. The first-order valence-electron chi connectivity index (χ1n) is 4.84. The van der Waals surface area contributed by atoms with Crippen molar-refractivity contribution in [1.29, 1.82) is 0 Å². The van der Waals surface area contributed by atoms with Crippen molar-refractivity contribution in [1.82, 2.24) is 4.90 Å². The molecule has 0 fully saturated rings. The number of carbonyl (C=O) groups excluding carboxylic acids is 1. The van der Waals surface area contributed by atoms with Crippen LogP contribution in [0.2, 0.25) is 0 Å². The first kappa shape index (κ1) is 14.5. The molecule has 0 atom stereocenters. The molecule has 0 aromatic heterocycles. The van der Waals surface area contributed by atoms with Crippen molar-refractivity contribution in [2.24, 2.45) is 0 Å². The second kappa shape index (κ2) is 5.38. The van der Waals surface area contributed by atoms with E-state index in [1.807, 2.05) is 0 Å². The number of rotatable bonds is 4. The molecular formula is C10H8F2N2O5. The Morgan fingerprint density at radius 3 is 2.47 bits per heavy atom. The van der Waals surface area contributed by atoms with Crippen molar-refractivity contribution in [2.75, 3.05) is 13.6 Å². The molecule has 0 aliphatic carbocycles. The summed E-state index contributed by atoms with van der Waals surface area (Å²) in [5.41, 5.74) is -2.08. The van der Waals surface area contributed by atoms with Gasteiger partial charge in [-0.3, -0.25) is 19.7 Å². The van der Waals surface area contributed by atoms with Gasteiger partial charge in [-0.1, -0.05) is 0 Å². The standard InChI is InChI=1S/C10H8F2N2O5/c1-13(4-8(15)16)10(17)6-2-5(11)3-7(9(6)12)14(18)19/h2-3H,4H2,1H3,(H,15,16). The minimum Gasteiger partial charge on any atom is -0.480 e. The first-order valence-corrected chi connectivity index (χ1v) is 4.84. The summed E-state index contributed by atoms with van der Waals surface area (Å²) in [5.74, 6) is -5.20. The maximum Gasteiger partial charge on any atom is 0.323 e. The number of carbonyl (C=O) groups is 2. The zero-order valence-electron chi connectivity index (χ0n) is 9.59. The smallest absolute Gasteiger partial charge is 0.323 e. The number of carboxylic acid groups (broad SMARTS) is 1. The third kappa shape index (κ3) is 3.21. The topological polar surface area (TPSA) is 101 Å². The maximum atomic E-state index is 13.6. The summed E-state index contributed by atoms with van der Waals surface area (Å²) in [6.45, 7) is -0.747. The summed E-state index contributed by atoms with van der Waals surface area (Å²) >= 11 is 0. The molecule has 0 spiro atoms. The lowest BCUT2D eigenvalue weighted by molar-refractivity contribution is -0.387. The van der Waals surface area contributed by atoms with E-state index in [4.69, 9.17) is 5.11 Å². The predicted octanol–water partition coefficient (Wildman–Crippen LogP) is 1.03. The molecule has 0 aliphatic rings. The number of hydrogen-bond acceptors (Lipinski definition) is 4. The van der Waals surface area contributed by atoms with E-state index in [9.17, 15) is 28.5 Å². The molecule has 0 radical (unpaired) electrons. The molecule has 1 aromatic rings. The second-order valence-electron chi connectivity index (χ2n) is 3.60. The lowest BCUT2D eigenvalue weighted by atomic mass is 10.1. The van der Waals surface area contributed by atoms with Gasteiger partial charge in [0, 0.05) is 7.05 Å². The average Bonchev–Trinajstić information content (AvgIpc) is 2.29. The molecule has 9 heteroatoms.